The van der Waals surface area contributed by atoms with Crippen LogP contribution in [0.5, 0.6) is 0 Å². The number of para-hydroxylation sites is 1. The molecule has 206 valence electrons. The second-order valence-corrected chi connectivity index (χ2v) is 12.3. The Kier molecular flexibility index (Phi) is 7.10. The van der Waals surface area contributed by atoms with Gasteiger partial charge in [0.05, 0.1) is 22.0 Å². The van der Waals surface area contributed by atoms with E-state index in [2.05, 4.69) is 5.10 Å². The van der Waals surface area contributed by atoms with Gasteiger partial charge in [0.1, 0.15) is 5.71 Å². The minimum Gasteiger partial charge on any atom is -0.370 e. The van der Waals surface area contributed by atoms with Crippen molar-refractivity contribution in [2.45, 2.75) is 49.1 Å². The number of rotatable bonds is 6. The van der Waals surface area contributed by atoms with Gasteiger partial charge in [0.2, 0.25) is 10.0 Å². The molecule has 0 spiro atoms. The van der Waals surface area contributed by atoms with Crippen LogP contribution >= 0.6 is 11.6 Å². The number of anilines is 2. The summed E-state index contributed by atoms with van der Waals surface area (Å²) in [5.41, 5.74) is 0.151. The molecule has 2 aliphatic heterocycles. The predicted octanol–water partition coefficient (Wildman–Crippen LogP) is 5.85. The fraction of sp³-hybridized carbons (Fsp3) is 0.480. The number of hydrazone groups is 1. The molecule has 2 aromatic carbocycles. The fourth-order valence-electron chi connectivity index (χ4n) is 4.90. The van der Waals surface area contributed by atoms with Crippen molar-refractivity contribution in [3.63, 3.8) is 0 Å². The molecule has 0 radical (unpaired) electrons. The molecule has 2 aromatic rings. The third-order valence-corrected chi connectivity index (χ3v) is 9.83. The molecular formula is C25H26ClF5N4O2S. The second-order valence-electron chi connectivity index (χ2n) is 9.71. The number of nitrogens with zero attached hydrogens (tertiary/aromatic N) is 4. The first-order valence-corrected chi connectivity index (χ1v) is 14.2. The van der Waals surface area contributed by atoms with E-state index in [9.17, 15) is 30.4 Å². The zero-order valence-electron chi connectivity index (χ0n) is 20.2. The van der Waals surface area contributed by atoms with Crippen LogP contribution in [0.2, 0.25) is 5.02 Å². The molecule has 3 aliphatic rings. The Hall–Kier alpha value is -2.44. The lowest BCUT2D eigenvalue weighted by atomic mass is 9.98. The molecule has 1 unspecified atom stereocenters. The number of halogens is 6. The first-order valence-electron chi connectivity index (χ1n) is 12.3. The molecule has 13 heteroatoms. The van der Waals surface area contributed by atoms with Gasteiger partial charge in [0.25, 0.3) is 0 Å². The Morgan fingerprint density at radius 3 is 2.34 bits per heavy atom. The summed E-state index contributed by atoms with van der Waals surface area (Å²) in [5.74, 6) is -5.10. The van der Waals surface area contributed by atoms with Gasteiger partial charge in [-0.2, -0.15) is 31.4 Å². The highest BCUT2D eigenvalue weighted by molar-refractivity contribution is 7.90. The third kappa shape index (κ3) is 5.10. The highest BCUT2D eigenvalue weighted by Crippen LogP contribution is 2.46. The Bertz CT molecular complexity index is 1330. The van der Waals surface area contributed by atoms with Gasteiger partial charge in [0, 0.05) is 38.3 Å². The molecular weight excluding hydrogens is 551 g/mol. The molecule has 5 rings (SSSR count). The Morgan fingerprint density at radius 1 is 0.921 bits per heavy atom. The van der Waals surface area contributed by atoms with E-state index in [1.807, 2.05) is 11.0 Å². The van der Waals surface area contributed by atoms with Gasteiger partial charge >= 0.3 is 12.1 Å². The minimum atomic E-state index is -5.78. The van der Waals surface area contributed by atoms with E-state index >= 15 is 0 Å². The van der Waals surface area contributed by atoms with Crippen LogP contribution in [-0.2, 0) is 10.0 Å². The van der Waals surface area contributed by atoms with E-state index in [-0.39, 0.29) is 16.0 Å². The van der Waals surface area contributed by atoms with Gasteiger partial charge in [-0.15, -0.1) is 0 Å². The average Bonchev–Trinajstić information content (AvgIpc) is 3.67. The molecule has 6 nitrogen and oxygen atoms in total. The zero-order chi connectivity index (χ0) is 27.3. The summed E-state index contributed by atoms with van der Waals surface area (Å²) in [5, 5.41) is 4.74. The van der Waals surface area contributed by atoms with Crippen LogP contribution in [0.3, 0.4) is 0 Å². The van der Waals surface area contributed by atoms with Crippen molar-refractivity contribution >= 4 is 38.7 Å². The van der Waals surface area contributed by atoms with Gasteiger partial charge in [0.15, 0.2) is 0 Å². The van der Waals surface area contributed by atoms with E-state index in [1.165, 1.54) is 16.4 Å². The van der Waals surface area contributed by atoms with Crippen LogP contribution in [0.15, 0.2) is 53.6 Å². The molecule has 2 fully saturated rings. The van der Waals surface area contributed by atoms with Crippen molar-refractivity contribution in [1.29, 1.82) is 0 Å². The maximum Gasteiger partial charge on any atom is 0.459 e. The van der Waals surface area contributed by atoms with Crippen molar-refractivity contribution in [2.75, 3.05) is 36.1 Å². The molecule has 2 heterocycles. The Morgan fingerprint density at radius 2 is 1.66 bits per heavy atom. The van der Waals surface area contributed by atoms with Gasteiger partial charge in [-0.25, -0.2) is 8.42 Å². The topological polar surface area (TPSA) is 56.2 Å². The summed E-state index contributed by atoms with van der Waals surface area (Å²) in [6.45, 7) is 1.75. The molecule has 1 saturated carbocycles. The summed E-state index contributed by atoms with van der Waals surface area (Å²) in [4.78, 5) is 2.01. The number of benzene rings is 2. The lowest BCUT2D eigenvalue weighted by Gasteiger charge is -2.27. The van der Waals surface area contributed by atoms with E-state index in [0.29, 0.717) is 51.0 Å². The highest BCUT2D eigenvalue weighted by Gasteiger charge is 2.63. The summed E-state index contributed by atoms with van der Waals surface area (Å²) in [6, 6.07) is 12.2. The number of sulfonamides is 1. The summed E-state index contributed by atoms with van der Waals surface area (Å²) in [6.07, 6.45) is -4.45. The van der Waals surface area contributed by atoms with Crippen LogP contribution in [0, 0.1) is 0 Å². The smallest absolute Gasteiger partial charge is 0.370 e. The maximum atomic E-state index is 14.3. The predicted molar refractivity (Wildman–Crippen MR) is 137 cm³/mol. The van der Waals surface area contributed by atoms with Gasteiger partial charge in [-0.1, -0.05) is 35.9 Å². The van der Waals surface area contributed by atoms with Crippen LogP contribution < -0.4 is 9.91 Å². The van der Waals surface area contributed by atoms with Crippen molar-refractivity contribution in [1.82, 2.24) is 4.31 Å². The third-order valence-electron chi connectivity index (χ3n) is 7.11. The van der Waals surface area contributed by atoms with Crippen LogP contribution in [0.1, 0.15) is 37.3 Å². The summed E-state index contributed by atoms with van der Waals surface area (Å²) < 4.78 is 95.2. The lowest BCUT2D eigenvalue weighted by molar-refractivity contribution is -0.249. The molecule has 0 N–H and O–H groups in total. The normalized spacial score (nSPS) is 21.9. The second kappa shape index (κ2) is 9.95. The molecule has 0 aromatic heterocycles. The highest BCUT2D eigenvalue weighted by atomic mass is 35.5. The van der Waals surface area contributed by atoms with E-state index < -0.39 is 40.3 Å². The summed E-state index contributed by atoms with van der Waals surface area (Å²) >= 11 is 6.27. The Balaban J connectivity index is 1.43. The molecule has 38 heavy (non-hydrogen) atoms. The van der Waals surface area contributed by atoms with Crippen molar-refractivity contribution in [2.24, 2.45) is 5.10 Å². The quantitative estimate of drug-likeness (QED) is 0.405. The first kappa shape index (κ1) is 27.1. The standard InChI is InChI=1S/C25H26ClF5N4O2S/c26-20-7-1-2-8-21(20)35-22(16-23(32-35)24(27,28)25(29,30)31)17-5-3-6-18(15-17)33-11-4-12-34(14-13-33)38(36,37)19-9-10-19/h1-3,5-8,15,19,22H,4,9-14,16H2. The largest absolute Gasteiger partial charge is 0.459 e. The van der Waals surface area contributed by atoms with Crippen LogP contribution in [0.4, 0.5) is 33.3 Å². The van der Waals surface area contributed by atoms with Crippen molar-refractivity contribution in [3.05, 3.63) is 59.1 Å². The monoisotopic (exact) mass is 576 g/mol. The van der Waals surface area contributed by atoms with E-state index in [4.69, 9.17) is 11.6 Å². The maximum absolute atomic E-state index is 14.3. The van der Waals surface area contributed by atoms with Crippen LogP contribution in [0.25, 0.3) is 0 Å². The molecule has 0 amide bonds. The molecule has 1 atom stereocenters. The SMILES string of the molecule is O=S(=O)(C1CC1)N1CCCN(c2cccc(C3CC(C(F)(F)C(F)(F)F)=NN3c3ccccc3Cl)c2)CC1. The number of hydrogen-bond acceptors (Lipinski definition) is 5. The zero-order valence-corrected chi connectivity index (χ0v) is 21.8. The lowest BCUT2D eigenvalue weighted by Crippen LogP contribution is -2.43. The average molecular weight is 577 g/mol. The van der Waals surface area contributed by atoms with E-state index in [1.54, 1.807) is 30.3 Å². The van der Waals surface area contributed by atoms with Crippen LogP contribution in [-0.4, -0.2) is 62.0 Å². The van der Waals surface area contributed by atoms with E-state index in [0.717, 1.165) is 10.7 Å². The molecule has 1 aliphatic carbocycles. The summed E-state index contributed by atoms with van der Waals surface area (Å²) in [7, 11) is -3.30. The van der Waals surface area contributed by atoms with Crippen molar-refractivity contribution < 1.29 is 30.4 Å². The molecule has 1 saturated heterocycles. The van der Waals surface area contributed by atoms with Crippen molar-refractivity contribution in [3.8, 4) is 0 Å². The van der Waals surface area contributed by atoms with Gasteiger partial charge in [-0.05, 0) is 49.1 Å². The van der Waals surface area contributed by atoms with Gasteiger partial charge in [-0.3, -0.25) is 5.01 Å². The fourth-order valence-corrected chi connectivity index (χ4v) is 6.99. The minimum absolute atomic E-state index is 0.165. The first-order chi connectivity index (χ1) is 17.9. The molecule has 0 bridgehead atoms. The van der Waals surface area contributed by atoms with Gasteiger partial charge < -0.3 is 4.90 Å². The number of hydrogen-bond donors (Lipinski definition) is 0. The Labute approximate surface area is 222 Å². The number of alkyl halides is 5.